The van der Waals surface area contributed by atoms with Gasteiger partial charge in [0.2, 0.25) is 0 Å². The van der Waals surface area contributed by atoms with Crippen molar-refractivity contribution in [3.05, 3.63) is 68.6 Å². The van der Waals surface area contributed by atoms with Gasteiger partial charge in [-0.3, -0.25) is 0 Å². The molecule has 4 heteroatoms. The number of aromatic hydroxyl groups is 2. The lowest BCUT2D eigenvalue weighted by Gasteiger charge is -2.01. The first-order valence-electron chi connectivity index (χ1n) is 6.37. The second kappa shape index (κ2) is 7.48. The van der Waals surface area contributed by atoms with E-state index < -0.39 is 0 Å². The highest BCUT2D eigenvalue weighted by Crippen LogP contribution is 2.29. The maximum absolute atomic E-state index is 9.58. The van der Waals surface area contributed by atoms with E-state index >= 15 is 0 Å². The fourth-order valence-electron chi connectivity index (χ4n) is 1.80. The zero-order chi connectivity index (χ0) is 15.2. The summed E-state index contributed by atoms with van der Waals surface area (Å²) in [6, 6.07) is 10.7. The molecule has 0 amide bonds. The van der Waals surface area contributed by atoms with Crippen LogP contribution in [0.4, 0.5) is 0 Å². The number of phenolic OH excluding ortho intramolecular Hbond substituents is 2. The molecule has 0 aliphatic rings. The van der Waals surface area contributed by atoms with Gasteiger partial charge in [-0.25, -0.2) is 0 Å². The largest absolute Gasteiger partial charge is 0.507 e. The Morgan fingerprint density at radius 3 is 1.62 bits per heavy atom. The molecule has 0 heterocycles. The summed E-state index contributed by atoms with van der Waals surface area (Å²) in [5.74, 6) is 0.466. The molecule has 2 aromatic carbocycles. The molecule has 0 radical (unpaired) electrons. The van der Waals surface area contributed by atoms with Crippen molar-refractivity contribution in [2.75, 3.05) is 0 Å². The van der Waals surface area contributed by atoms with E-state index in [0.717, 1.165) is 17.5 Å². The first kappa shape index (κ1) is 15.9. The molecule has 2 rings (SSSR count). The number of hydrogen-bond acceptors (Lipinski definition) is 2. The first-order chi connectivity index (χ1) is 10.1. The van der Waals surface area contributed by atoms with Crippen LogP contribution in [0.2, 0.25) is 0 Å². The normalized spacial score (nSPS) is 11.5. The van der Waals surface area contributed by atoms with Crippen LogP contribution in [0.15, 0.2) is 57.5 Å². The first-order valence-corrected chi connectivity index (χ1v) is 7.96. The van der Waals surface area contributed by atoms with Gasteiger partial charge in [-0.2, -0.15) is 0 Å². The van der Waals surface area contributed by atoms with Crippen LogP contribution in [0.5, 0.6) is 11.5 Å². The van der Waals surface area contributed by atoms with Crippen LogP contribution in [0, 0.1) is 0 Å². The Morgan fingerprint density at radius 2 is 1.19 bits per heavy atom. The lowest BCUT2D eigenvalue weighted by molar-refractivity contribution is 0.471. The standard InChI is InChI=1S/C17H14Br2O2/c18-16-12(8-4-10-14(16)20)6-2-1-3-7-13-9-5-11-15(21)17(13)19/h2-11,20-21H,1H2. The molecule has 0 spiro atoms. The molecule has 0 fully saturated rings. The summed E-state index contributed by atoms with van der Waals surface area (Å²) in [4.78, 5) is 0. The molecule has 2 N–H and O–H groups in total. The molecule has 2 nitrogen and oxygen atoms in total. The van der Waals surface area contributed by atoms with Crippen LogP contribution in [0.1, 0.15) is 17.5 Å². The Bertz CT molecular complexity index is 632. The molecule has 0 saturated carbocycles. The van der Waals surface area contributed by atoms with Crippen molar-refractivity contribution in [2.45, 2.75) is 6.42 Å². The van der Waals surface area contributed by atoms with E-state index in [0.29, 0.717) is 8.95 Å². The molecule has 21 heavy (non-hydrogen) atoms. The number of rotatable bonds is 4. The Kier molecular flexibility index (Phi) is 5.65. The van der Waals surface area contributed by atoms with Crippen LogP contribution in [0.25, 0.3) is 12.2 Å². The minimum atomic E-state index is 0.233. The fraction of sp³-hybridized carbons (Fsp3) is 0.0588. The van der Waals surface area contributed by atoms with Crippen molar-refractivity contribution >= 4 is 44.0 Å². The lowest BCUT2D eigenvalue weighted by atomic mass is 10.1. The topological polar surface area (TPSA) is 40.5 Å². The van der Waals surface area contributed by atoms with Crippen molar-refractivity contribution in [3.63, 3.8) is 0 Å². The van der Waals surface area contributed by atoms with Crippen LogP contribution >= 0.6 is 31.9 Å². The summed E-state index contributed by atoms with van der Waals surface area (Å²) in [6.07, 6.45) is 8.67. The highest BCUT2D eigenvalue weighted by molar-refractivity contribution is 9.11. The van der Waals surface area contributed by atoms with E-state index in [1.807, 2.05) is 36.4 Å². The quantitative estimate of drug-likeness (QED) is 0.675. The van der Waals surface area contributed by atoms with Crippen LogP contribution in [0.3, 0.4) is 0 Å². The summed E-state index contributed by atoms with van der Waals surface area (Å²) in [7, 11) is 0. The highest BCUT2D eigenvalue weighted by Gasteiger charge is 2.01. The van der Waals surface area contributed by atoms with Gasteiger partial charge in [0.1, 0.15) is 11.5 Å². The number of phenols is 2. The Labute approximate surface area is 140 Å². The monoisotopic (exact) mass is 408 g/mol. The summed E-state index contributed by atoms with van der Waals surface area (Å²) in [6.45, 7) is 0. The van der Waals surface area contributed by atoms with Crippen LogP contribution in [-0.4, -0.2) is 10.2 Å². The molecule has 0 bridgehead atoms. The molecule has 0 unspecified atom stereocenters. The summed E-state index contributed by atoms with van der Waals surface area (Å²) in [5, 5.41) is 19.2. The van der Waals surface area contributed by atoms with Gasteiger partial charge in [0, 0.05) is 0 Å². The molecule has 0 aromatic heterocycles. The predicted octanol–water partition coefficient (Wildman–Crippen LogP) is 5.74. The average Bonchev–Trinajstić information content (AvgIpc) is 2.47. The maximum Gasteiger partial charge on any atom is 0.130 e. The molecular weight excluding hydrogens is 396 g/mol. The van der Waals surface area contributed by atoms with Gasteiger partial charge in [-0.15, -0.1) is 0 Å². The third kappa shape index (κ3) is 4.22. The molecule has 0 aliphatic heterocycles. The number of benzene rings is 2. The van der Waals surface area contributed by atoms with Crippen molar-refractivity contribution in [3.8, 4) is 11.5 Å². The minimum Gasteiger partial charge on any atom is -0.507 e. The van der Waals surface area contributed by atoms with Gasteiger partial charge in [0.15, 0.2) is 0 Å². The minimum absolute atomic E-state index is 0.233. The van der Waals surface area contributed by atoms with E-state index in [4.69, 9.17) is 0 Å². The SMILES string of the molecule is Oc1cccc(C=CCC=Cc2cccc(O)c2Br)c1Br. The van der Waals surface area contributed by atoms with Crippen molar-refractivity contribution < 1.29 is 10.2 Å². The molecular formula is C17H14Br2O2. The third-order valence-electron chi connectivity index (χ3n) is 2.88. The maximum atomic E-state index is 9.58. The third-order valence-corrected chi connectivity index (χ3v) is 4.61. The Hall–Kier alpha value is -1.52. The molecule has 0 saturated heterocycles. The van der Waals surface area contributed by atoms with Crippen molar-refractivity contribution in [2.24, 2.45) is 0 Å². The Morgan fingerprint density at radius 1 is 0.762 bits per heavy atom. The van der Waals surface area contributed by atoms with Gasteiger partial charge in [0.05, 0.1) is 8.95 Å². The molecule has 108 valence electrons. The molecule has 0 aliphatic carbocycles. The van der Waals surface area contributed by atoms with E-state index in [1.54, 1.807) is 24.3 Å². The van der Waals surface area contributed by atoms with Crippen LogP contribution < -0.4 is 0 Å². The van der Waals surface area contributed by atoms with Gasteiger partial charge in [-0.1, -0.05) is 48.6 Å². The van der Waals surface area contributed by atoms with E-state index in [9.17, 15) is 10.2 Å². The molecule has 0 atom stereocenters. The lowest BCUT2D eigenvalue weighted by Crippen LogP contribution is -1.76. The van der Waals surface area contributed by atoms with E-state index in [-0.39, 0.29) is 11.5 Å². The Balaban J connectivity index is 2.01. The van der Waals surface area contributed by atoms with E-state index in [1.165, 1.54) is 0 Å². The smallest absolute Gasteiger partial charge is 0.130 e. The summed E-state index contributed by atoms with van der Waals surface area (Å²) in [5.41, 5.74) is 1.86. The second-order valence-corrected chi connectivity index (χ2v) is 5.99. The summed E-state index contributed by atoms with van der Waals surface area (Å²) < 4.78 is 1.39. The van der Waals surface area contributed by atoms with E-state index in [2.05, 4.69) is 31.9 Å². The van der Waals surface area contributed by atoms with Gasteiger partial charge in [0.25, 0.3) is 0 Å². The highest BCUT2D eigenvalue weighted by atomic mass is 79.9. The second-order valence-electron chi connectivity index (χ2n) is 4.40. The fourth-order valence-corrected chi connectivity index (χ4v) is 2.59. The number of allylic oxidation sites excluding steroid dienone is 2. The van der Waals surface area contributed by atoms with Gasteiger partial charge < -0.3 is 10.2 Å². The van der Waals surface area contributed by atoms with Crippen molar-refractivity contribution in [1.29, 1.82) is 0 Å². The number of halogens is 2. The summed E-state index contributed by atoms with van der Waals surface area (Å²) >= 11 is 6.70. The van der Waals surface area contributed by atoms with Gasteiger partial charge in [-0.05, 0) is 61.5 Å². The number of hydrogen-bond donors (Lipinski definition) is 2. The zero-order valence-electron chi connectivity index (χ0n) is 11.1. The predicted molar refractivity (Wildman–Crippen MR) is 94.3 cm³/mol. The van der Waals surface area contributed by atoms with Gasteiger partial charge >= 0.3 is 0 Å². The molecule has 2 aromatic rings. The van der Waals surface area contributed by atoms with Crippen LogP contribution in [-0.2, 0) is 0 Å². The van der Waals surface area contributed by atoms with Crippen molar-refractivity contribution in [1.82, 2.24) is 0 Å². The zero-order valence-corrected chi connectivity index (χ0v) is 14.3. The average molecular weight is 410 g/mol.